The van der Waals surface area contributed by atoms with Crippen molar-refractivity contribution in [3.8, 4) is 0 Å². The zero-order valence-electron chi connectivity index (χ0n) is 12.7. The minimum atomic E-state index is -0.253. The van der Waals surface area contributed by atoms with Gasteiger partial charge in [-0.15, -0.1) is 0 Å². The normalized spacial score (nSPS) is 10.5. The highest BCUT2D eigenvalue weighted by molar-refractivity contribution is 7.34. The fourth-order valence-corrected chi connectivity index (χ4v) is 2.84. The summed E-state index contributed by atoms with van der Waals surface area (Å²) in [5, 5.41) is 0.369. The zero-order chi connectivity index (χ0) is 16.9. The van der Waals surface area contributed by atoms with E-state index in [2.05, 4.69) is 0 Å². The number of hydrogen-bond acceptors (Lipinski definition) is 3. The summed E-state index contributed by atoms with van der Waals surface area (Å²) in [4.78, 5) is 25.2. The Morgan fingerprint density at radius 1 is 0.625 bits per heavy atom. The van der Waals surface area contributed by atoms with Crippen molar-refractivity contribution in [3.63, 3.8) is 0 Å². The highest BCUT2D eigenvalue weighted by Crippen LogP contribution is 2.16. The van der Waals surface area contributed by atoms with Crippen LogP contribution in [0.4, 0.5) is 0 Å². The van der Waals surface area contributed by atoms with Gasteiger partial charge >= 0.3 is 0 Å². The van der Waals surface area contributed by atoms with Crippen LogP contribution in [0.1, 0.15) is 31.8 Å². The molecule has 0 saturated carbocycles. The lowest BCUT2D eigenvalue weighted by Gasteiger charge is -2.07. The predicted molar refractivity (Wildman–Crippen MR) is 93.4 cm³/mol. The number of rotatable bonds is 5. The van der Waals surface area contributed by atoms with Gasteiger partial charge in [-0.3, -0.25) is 14.2 Å². The molecule has 0 amide bonds. The van der Waals surface area contributed by atoms with Crippen LogP contribution < -0.4 is 5.30 Å². The van der Waals surface area contributed by atoms with Crippen LogP contribution in [0.5, 0.6) is 0 Å². The summed E-state index contributed by atoms with van der Waals surface area (Å²) >= 11 is 0. The molecule has 0 aliphatic carbocycles. The van der Waals surface area contributed by atoms with Crippen molar-refractivity contribution in [1.29, 1.82) is 0 Å². The van der Waals surface area contributed by atoms with Crippen LogP contribution in [0.3, 0.4) is 0 Å². The van der Waals surface area contributed by atoms with E-state index in [0.29, 0.717) is 22.0 Å². The van der Waals surface area contributed by atoms with E-state index < -0.39 is 0 Å². The lowest BCUT2D eigenvalue weighted by atomic mass is 9.97. The van der Waals surface area contributed by atoms with E-state index in [0.717, 1.165) is 0 Å². The molecule has 0 aromatic heterocycles. The van der Waals surface area contributed by atoms with Crippen molar-refractivity contribution >= 4 is 25.3 Å². The van der Waals surface area contributed by atoms with Crippen LogP contribution in [-0.4, -0.2) is 11.6 Å². The maximum absolute atomic E-state index is 12.7. The molecule has 0 saturated heterocycles. The minimum Gasteiger partial charge on any atom is -0.289 e. The molecule has 0 unspecified atom stereocenters. The van der Waals surface area contributed by atoms with Gasteiger partial charge in [-0.25, -0.2) is 0 Å². The lowest BCUT2D eigenvalue weighted by Crippen LogP contribution is -2.14. The summed E-state index contributed by atoms with van der Waals surface area (Å²) in [7, 11) is -0.253. The van der Waals surface area contributed by atoms with Gasteiger partial charge in [0.15, 0.2) is 20.0 Å². The van der Waals surface area contributed by atoms with Crippen molar-refractivity contribution in [2.24, 2.45) is 0 Å². The fraction of sp³-hybridized carbons (Fsp3) is 0. The quantitative estimate of drug-likeness (QED) is 0.523. The van der Waals surface area contributed by atoms with Crippen molar-refractivity contribution in [2.45, 2.75) is 0 Å². The highest BCUT2D eigenvalue weighted by atomic mass is 31.1. The van der Waals surface area contributed by atoms with E-state index >= 15 is 0 Å². The van der Waals surface area contributed by atoms with Gasteiger partial charge in [0, 0.05) is 22.3 Å². The maximum atomic E-state index is 12.7. The summed E-state index contributed by atoms with van der Waals surface area (Å²) < 4.78 is 11.4. The summed E-state index contributed by atoms with van der Waals surface area (Å²) in [6, 6.07) is 22.3. The molecule has 0 radical (unpaired) electrons. The van der Waals surface area contributed by atoms with Gasteiger partial charge in [0.1, 0.15) is 0 Å². The third-order valence-electron chi connectivity index (χ3n) is 3.67. The van der Waals surface area contributed by atoms with E-state index in [9.17, 15) is 14.2 Å². The Balaban J connectivity index is 2.05. The lowest BCUT2D eigenvalue weighted by molar-refractivity contribution is 0.103. The third-order valence-corrected chi connectivity index (χ3v) is 4.26. The van der Waals surface area contributed by atoms with E-state index in [1.165, 1.54) is 6.07 Å². The third kappa shape index (κ3) is 3.22. The Hall–Kier alpha value is -2.90. The van der Waals surface area contributed by atoms with Crippen molar-refractivity contribution in [3.05, 3.63) is 101 Å². The molecule has 3 rings (SSSR count). The molecule has 0 N–H and O–H groups in total. The standard InChI is InChI=1S/C20H13O3P/c21-19(14-7-3-1-4-8-14)16-11-12-18(24-23)17(13-16)20(22)15-9-5-2-6-10-15/h1-13H. The molecule has 0 spiro atoms. The molecule has 3 aromatic rings. The average molecular weight is 332 g/mol. The molecule has 0 bridgehead atoms. The van der Waals surface area contributed by atoms with Gasteiger partial charge in [-0.2, -0.15) is 0 Å². The first-order chi connectivity index (χ1) is 11.7. The van der Waals surface area contributed by atoms with E-state index in [-0.39, 0.29) is 25.6 Å². The number of hydrogen-bond donors (Lipinski definition) is 0. The summed E-state index contributed by atoms with van der Waals surface area (Å²) in [6.45, 7) is 0. The maximum Gasteiger partial charge on any atom is 0.194 e. The molecule has 3 aromatic carbocycles. The molecule has 24 heavy (non-hydrogen) atoms. The summed E-state index contributed by atoms with van der Waals surface area (Å²) in [6.07, 6.45) is 0. The zero-order valence-corrected chi connectivity index (χ0v) is 13.6. The molecule has 4 heteroatoms. The molecular weight excluding hydrogens is 319 g/mol. The Kier molecular flexibility index (Phi) is 4.74. The van der Waals surface area contributed by atoms with Crippen molar-refractivity contribution < 1.29 is 14.2 Å². The Morgan fingerprint density at radius 3 is 1.71 bits per heavy atom. The van der Waals surface area contributed by atoms with Crippen LogP contribution in [0.2, 0.25) is 0 Å². The monoisotopic (exact) mass is 332 g/mol. The molecule has 0 aliphatic heterocycles. The second-order valence-electron chi connectivity index (χ2n) is 5.21. The SMILES string of the molecule is O=Pc1ccc(C(=O)c2ccccc2)cc1C(=O)c1ccccc1. The van der Waals surface area contributed by atoms with Crippen LogP contribution in [-0.2, 0) is 4.57 Å². The van der Waals surface area contributed by atoms with Crippen LogP contribution in [0, 0.1) is 0 Å². The summed E-state index contributed by atoms with van der Waals surface area (Å²) in [5.74, 6) is -0.427. The number of benzene rings is 3. The van der Waals surface area contributed by atoms with Gasteiger partial charge in [0.05, 0.1) is 5.30 Å². The second-order valence-corrected chi connectivity index (χ2v) is 5.88. The van der Waals surface area contributed by atoms with Crippen molar-refractivity contribution in [2.75, 3.05) is 0 Å². The molecule has 0 aliphatic rings. The highest BCUT2D eigenvalue weighted by Gasteiger charge is 2.17. The molecular formula is C20H13O3P. The average Bonchev–Trinajstić information content (AvgIpc) is 2.67. The second kappa shape index (κ2) is 7.12. The van der Waals surface area contributed by atoms with E-state index in [4.69, 9.17) is 0 Å². The van der Waals surface area contributed by atoms with E-state index in [1.54, 1.807) is 60.7 Å². The first kappa shape index (κ1) is 16.0. The molecule has 0 fully saturated rings. The molecule has 3 nitrogen and oxygen atoms in total. The van der Waals surface area contributed by atoms with Gasteiger partial charge in [0.2, 0.25) is 0 Å². The minimum absolute atomic E-state index is 0.174. The number of ketones is 2. The molecule has 0 heterocycles. The van der Waals surface area contributed by atoms with Crippen molar-refractivity contribution in [1.82, 2.24) is 0 Å². The number of carbonyl (C=O) groups excluding carboxylic acids is 2. The smallest absolute Gasteiger partial charge is 0.194 e. The molecule has 0 atom stereocenters. The number of carbonyl (C=O) groups is 2. The predicted octanol–water partition coefficient (Wildman–Crippen LogP) is 4.07. The van der Waals surface area contributed by atoms with Gasteiger partial charge < -0.3 is 0 Å². The fourth-order valence-electron chi connectivity index (χ4n) is 2.44. The Labute approximate surface area is 141 Å². The van der Waals surface area contributed by atoms with Crippen LogP contribution in [0.25, 0.3) is 0 Å². The van der Waals surface area contributed by atoms with Crippen LogP contribution in [0.15, 0.2) is 78.9 Å². The topological polar surface area (TPSA) is 51.2 Å². The van der Waals surface area contributed by atoms with Gasteiger partial charge in [-0.1, -0.05) is 60.7 Å². The van der Waals surface area contributed by atoms with Gasteiger partial charge in [-0.05, 0) is 18.2 Å². The van der Waals surface area contributed by atoms with Crippen LogP contribution >= 0.6 is 8.46 Å². The molecule has 116 valence electrons. The Morgan fingerprint density at radius 2 is 1.17 bits per heavy atom. The first-order valence-electron chi connectivity index (χ1n) is 7.37. The van der Waals surface area contributed by atoms with E-state index in [1.807, 2.05) is 12.1 Å². The Bertz CT molecular complexity index is 903. The first-order valence-corrected chi connectivity index (χ1v) is 8.19. The summed E-state index contributed by atoms with van der Waals surface area (Å²) in [5.41, 5.74) is 1.71. The largest absolute Gasteiger partial charge is 0.289 e. The van der Waals surface area contributed by atoms with Gasteiger partial charge in [0.25, 0.3) is 0 Å².